The second-order valence-corrected chi connectivity index (χ2v) is 8.54. The second kappa shape index (κ2) is 8.38. The highest BCUT2D eigenvalue weighted by Gasteiger charge is 2.34. The average Bonchev–Trinajstić information content (AvgIpc) is 3.16. The minimum absolute atomic E-state index is 0.125. The van der Waals surface area contributed by atoms with Crippen LogP contribution in [-0.2, 0) is 11.3 Å². The molecule has 0 aromatic heterocycles. The number of nitrogens with zero attached hydrogens (tertiary/aromatic N) is 2. The van der Waals surface area contributed by atoms with Crippen molar-refractivity contribution < 1.29 is 9.53 Å². The van der Waals surface area contributed by atoms with E-state index in [0.717, 1.165) is 47.9 Å². The Morgan fingerprint density at radius 3 is 2.67 bits per heavy atom. The largest absolute Gasteiger partial charge is 0.487 e. The molecule has 0 radical (unpaired) electrons. The van der Waals surface area contributed by atoms with Crippen LogP contribution in [-0.4, -0.2) is 31.1 Å². The summed E-state index contributed by atoms with van der Waals surface area (Å²) in [5.74, 6) is 1.89. The standard InChI is InChI=1S/C24H30N4O2/c1-24(2)15-20(19-7-4-5-8-21(19)30-24)27-23(25-3)26-16-17-10-12-18(13-11-17)28-14-6-9-22(28)29/h4-5,7-8,10-13,20H,6,9,14-16H2,1-3H3,(H2,25,26,27). The number of ether oxygens (including phenoxy) is 1. The van der Waals surface area contributed by atoms with Gasteiger partial charge in [-0.3, -0.25) is 9.79 Å². The van der Waals surface area contributed by atoms with Crippen LogP contribution in [0.1, 0.15) is 50.3 Å². The Bertz CT molecular complexity index is 936. The van der Waals surface area contributed by atoms with E-state index in [1.807, 2.05) is 35.2 Å². The molecule has 158 valence electrons. The first kappa shape index (κ1) is 20.3. The molecular weight excluding hydrogens is 376 g/mol. The van der Waals surface area contributed by atoms with E-state index in [4.69, 9.17) is 4.74 Å². The van der Waals surface area contributed by atoms with Crippen LogP contribution in [0.5, 0.6) is 5.75 Å². The van der Waals surface area contributed by atoms with E-state index in [-0.39, 0.29) is 17.6 Å². The molecule has 0 saturated carbocycles. The number of anilines is 1. The SMILES string of the molecule is CN=C(NCc1ccc(N2CCCC2=O)cc1)NC1CC(C)(C)Oc2ccccc21. The summed E-state index contributed by atoms with van der Waals surface area (Å²) >= 11 is 0. The lowest BCUT2D eigenvalue weighted by Gasteiger charge is -2.38. The predicted octanol–water partition coefficient (Wildman–Crippen LogP) is 3.78. The van der Waals surface area contributed by atoms with E-state index in [2.05, 4.69) is 47.7 Å². The molecule has 0 bridgehead atoms. The molecule has 1 atom stereocenters. The lowest BCUT2D eigenvalue weighted by molar-refractivity contribution is -0.117. The van der Waals surface area contributed by atoms with Gasteiger partial charge in [0.25, 0.3) is 0 Å². The van der Waals surface area contributed by atoms with Crippen molar-refractivity contribution >= 4 is 17.6 Å². The number of rotatable bonds is 4. The van der Waals surface area contributed by atoms with Crippen molar-refractivity contribution in [2.75, 3.05) is 18.5 Å². The van der Waals surface area contributed by atoms with Crippen molar-refractivity contribution in [3.05, 3.63) is 59.7 Å². The number of nitrogens with one attached hydrogen (secondary N) is 2. The van der Waals surface area contributed by atoms with E-state index in [9.17, 15) is 4.79 Å². The van der Waals surface area contributed by atoms with E-state index >= 15 is 0 Å². The summed E-state index contributed by atoms with van der Waals surface area (Å²) in [4.78, 5) is 18.2. The lowest BCUT2D eigenvalue weighted by atomic mass is 9.90. The second-order valence-electron chi connectivity index (χ2n) is 8.54. The van der Waals surface area contributed by atoms with Crippen molar-refractivity contribution in [2.45, 2.75) is 51.3 Å². The molecule has 1 saturated heterocycles. The normalized spacial score (nSPS) is 20.5. The molecule has 1 amide bonds. The Kier molecular flexibility index (Phi) is 5.66. The van der Waals surface area contributed by atoms with Gasteiger partial charge in [-0.1, -0.05) is 30.3 Å². The average molecular weight is 407 g/mol. The summed E-state index contributed by atoms with van der Waals surface area (Å²) < 4.78 is 6.13. The number of carbonyl (C=O) groups is 1. The van der Waals surface area contributed by atoms with E-state index in [1.54, 1.807) is 7.05 Å². The fourth-order valence-electron chi connectivity index (χ4n) is 4.19. The molecule has 6 heteroatoms. The summed E-state index contributed by atoms with van der Waals surface area (Å²) in [6, 6.07) is 16.5. The van der Waals surface area contributed by atoms with Crippen LogP contribution in [0, 0.1) is 0 Å². The molecular formula is C24H30N4O2. The summed E-state index contributed by atoms with van der Waals surface area (Å²) in [7, 11) is 1.79. The van der Waals surface area contributed by atoms with Gasteiger partial charge < -0.3 is 20.3 Å². The van der Waals surface area contributed by atoms with Gasteiger partial charge in [0, 0.05) is 44.2 Å². The van der Waals surface area contributed by atoms with E-state index in [0.29, 0.717) is 13.0 Å². The molecule has 2 aliphatic rings. The van der Waals surface area contributed by atoms with Crippen LogP contribution in [0.25, 0.3) is 0 Å². The zero-order valence-corrected chi connectivity index (χ0v) is 17.9. The molecule has 1 fully saturated rings. The molecule has 0 aliphatic carbocycles. The molecule has 2 heterocycles. The molecule has 2 N–H and O–H groups in total. The number of benzene rings is 2. The summed E-state index contributed by atoms with van der Waals surface area (Å²) in [6.07, 6.45) is 2.44. The van der Waals surface area contributed by atoms with Gasteiger partial charge in [0.2, 0.25) is 5.91 Å². The number of para-hydroxylation sites is 1. The van der Waals surface area contributed by atoms with Gasteiger partial charge in [-0.15, -0.1) is 0 Å². The third-order valence-electron chi connectivity index (χ3n) is 5.69. The maximum atomic E-state index is 11.9. The summed E-state index contributed by atoms with van der Waals surface area (Å²) in [6.45, 7) is 5.69. The van der Waals surface area contributed by atoms with Gasteiger partial charge in [-0.05, 0) is 44.0 Å². The van der Waals surface area contributed by atoms with Crippen LogP contribution >= 0.6 is 0 Å². The molecule has 1 unspecified atom stereocenters. The number of amides is 1. The molecule has 2 aromatic carbocycles. The van der Waals surface area contributed by atoms with Gasteiger partial charge in [0.15, 0.2) is 5.96 Å². The third kappa shape index (κ3) is 4.42. The third-order valence-corrected chi connectivity index (χ3v) is 5.69. The maximum Gasteiger partial charge on any atom is 0.227 e. The van der Waals surface area contributed by atoms with Crippen molar-refractivity contribution in [3.8, 4) is 5.75 Å². The highest BCUT2D eigenvalue weighted by atomic mass is 16.5. The fraction of sp³-hybridized carbons (Fsp3) is 0.417. The van der Waals surface area contributed by atoms with Crippen molar-refractivity contribution in [1.29, 1.82) is 0 Å². The van der Waals surface area contributed by atoms with Crippen LogP contribution < -0.4 is 20.3 Å². The minimum Gasteiger partial charge on any atom is -0.487 e. The summed E-state index contributed by atoms with van der Waals surface area (Å²) in [5, 5.41) is 6.96. The fourth-order valence-corrected chi connectivity index (χ4v) is 4.19. The lowest BCUT2D eigenvalue weighted by Crippen LogP contribution is -2.45. The Labute approximate surface area is 178 Å². The van der Waals surface area contributed by atoms with Crippen LogP contribution in [0.3, 0.4) is 0 Å². The first-order valence-electron chi connectivity index (χ1n) is 10.6. The van der Waals surface area contributed by atoms with Gasteiger partial charge in [0.1, 0.15) is 11.4 Å². The summed E-state index contributed by atoms with van der Waals surface area (Å²) in [5.41, 5.74) is 3.03. The van der Waals surface area contributed by atoms with Crippen LogP contribution in [0.4, 0.5) is 5.69 Å². The Balaban J connectivity index is 1.39. The predicted molar refractivity (Wildman–Crippen MR) is 120 cm³/mol. The number of guanidine groups is 1. The van der Waals surface area contributed by atoms with Gasteiger partial charge in [-0.2, -0.15) is 0 Å². The van der Waals surface area contributed by atoms with Crippen molar-refractivity contribution in [1.82, 2.24) is 10.6 Å². The number of carbonyl (C=O) groups excluding carboxylic acids is 1. The maximum absolute atomic E-state index is 11.9. The quantitative estimate of drug-likeness (QED) is 0.599. The van der Waals surface area contributed by atoms with E-state index in [1.165, 1.54) is 0 Å². The molecule has 6 nitrogen and oxygen atoms in total. The molecule has 2 aliphatic heterocycles. The zero-order chi connectivity index (χ0) is 21.1. The van der Waals surface area contributed by atoms with Crippen LogP contribution in [0.2, 0.25) is 0 Å². The van der Waals surface area contributed by atoms with Crippen molar-refractivity contribution in [3.63, 3.8) is 0 Å². The highest BCUT2D eigenvalue weighted by molar-refractivity contribution is 5.95. The zero-order valence-electron chi connectivity index (χ0n) is 17.9. The number of aliphatic imine (C=N–C) groups is 1. The Hall–Kier alpha value is -3.02. The smallest absolute Gasteiger partial charge is 0.227 e. The molecule has 2 aromatic rings. The Morgan fingerprint density at radius 2 is 1.97 bits per heavy atom. The molecule has 4 rings (SSSR count). The monoisotopic (exact) mass is 406 g/mol. The van der Waals surface area contributed by atoms with Crippen LogP contribution in [0.15, 0.2) is 53.5 Å². The molecule has 30 heavy (non-hydrogen) atoms. The first-order chi connectivity index (χ1) is 14.4. The topological polar surface area (TPSA) is 66.0 Å². The first-order valence-corrected chi connectivity index (χ1v) is 10.6. The minimum atomic E-state index is -0.242. The van der Waals surface area contributed by atoms with Gasteiger partial charge in [0.05, 0.1) is 6.04 Å². The Morgan fingerprint density at radius 1 is 1.20 bits per heavy atom. The number of hydrogen-bond donors (Lipinski definition) is 2. The van der Waals surface area contributed by atoms with Gasteiger partial charge in [-0.25, -0.2) is 0 Å². The highest BCUT2D eigenvalue weighted by Crippen LogP contribution is 2.39. The van der Waals surface area contributed by atoms with Gasteiger partial charge >= 0.3 is 0 Å². The van der Waals surface area contributed by atoms with Crippen molar-refractivity contribution in [2.24, 2.45) is 4.99 Å². The van der Waals surface area contributed by atoms with E-state index < -0.39 is 0 Å². The molecule has 0 spiro atoms. The number of fused-ring (bicyclic) bond motifs is 1. The number of hydrogen-bond acceptors (Lipinski definition) is 3.